The van der Waals surface area contributed by atoms with E-state index in [1.165, 1.54) is 23.3 Å². The van der Waals surface area contributed by atoms with Gasteiger partial charge in [-0.25, -0.2) is 0 Å². The summed E-state index contributed by atoms with van der Waals surface area (Å²) in [6, 6.07) is 8.93. The lowest BCUT2D eigenvalue weighted by Gasteiger charge is -2.11. The topological polar surface area (TPSA) is 52.5 Å². The van der Waals surface area contributed by atoms with Gasteiger partial charge in [0.05, 0.1) is 12.7 Å². The van der Waals surface area contributed by atoms with E-state index in [0.717, 1.165) is 6.54 Å². The minimum Gasteiger partial charge on any atom is -0.394 e. The smallest absolute Gasteiger partial charge is 0.0864 e. The predicted octanol–water partition coefficient (Wildman–Crippen LogP) is 1.38. The molecule has 94 valence electrons. The summed E-state index contributed by atoms with van der Waals surface area (Å²) < 4.78 is 0. The summed E-state index contributed by atoms with van der Waals surface area (Å²) in [6.45, 7) is 0.721. The minimum atomic E-state index is -0.635. The molecule has 1 aromatic carbocycles. The van der Waals surface area contributed by atoms with E-state index < -0.39 is 6.10 Å². The van der Waals surface area contributed by atoms with Gasteiger partial charge in [0.1, 0.15) is 0 Å². The highest BCUT2D eigenvalue weighted by Crippen LogP contribution is 2.25. The molecule has 3 nitrogen and oxygen atoms in total. The molecule has 0 heterocycles. The van der Waals surface area contributed by atoms with Crippen LogP contribution in [0.5, 0.6) is 0 Å². The Morgan fingerprint density at radius 1 is 1.35 bits per heavy atom. The third-order valence-corrected chi connectivity index (χ3v) is 4.03. The van der Waals surface area contributed by atoms with E-state index >= 15 is 0 Å². The molecule has 17 heavy (non-hydrogen) atoms. The first-order chi connectivity index (χ1) is 8.29. The van der Waals surface area contributed by atoms with Crippen molar-refractivity contribution in [2.45, 2.75) is 36.4 Å². The first-order valence-electron chi connectivity index (χ1n) is 6.02. The maximum Gasteiger partial charge on any atom is 0.0864 e. The fourth-order valence-electron chi connectivity index (χ4n) is 1.57. The van der Waals surface area contributed by atoms with Crippen LogP contribution in [-0.2, 0) is 6.54 Å². The van der Waals surface area contributed by atoms with Crippen LogP contribution in [0.2, 0.25) is 0 Å². The molecule has 4 heteroatoms. The van der Waals surface area contributed by atoms with E-state index in [4.69, 9.17) is 5.11 Å². The maximum absolute atomic E-state index is 9.35. The van der Waals surface area contributed by atoms with E-state index in [-0.39, 0.29) is 6.61 Å². The Balaban J connectivity index is 1.89. The number of thioether (sulfide) groups is 1. The first-order valence-corrected chi connectivity index (χ1v) is 7.01. The number of benzene rings is 1. The van der Waals surface area contributed by atoms with Gasteiger partial charge in [-0.3, -0.25) is 0 Å². The molecule has 0 radical (unpaired) electrons. The van der Waals surface area contributed by atoms with Crippen molar-refractivity contribution < 1.29 is 10.2 Å². The lowest BCUT2D eigenvalue weighted by molar-refractivity contribution is 0.113. The van der Waals surface area contributed by atoms with Crippen LogP contribution in [0.25, 0.3) is 0 Å². The summed E-state index contributed by atoms with van der Waals surface area (Å²) in [5, 5.41) is 21.6. The Bertz CT molecular complexity index is 355. The van der Waals surface area contributed by atoms with Gasteiger partial charge in [0.2, 0.25) is 0 Å². The van der Waals surface area contributed by atoms with Gasteiger partial charge < -0.3 is 15.5 Å². The first kappa shape index (κ1) is 12.9. The molecule has 0 saturated heterocycles. The van der Waals surface area contributed by atoms with Crippen molar-refractivity contribution in [2.24, 2.45) is 0 Å². The lowest BCUT2D eigenvalue weighted by Crippen LogP contribution is -2.17. The Labute approximate surface area is 106 Å². The number of nitrogens with one attached hydrogen (secondary N) is 1. The van der Waals surface area contributed by atoms with Gasteiger partial charge in [-0.15, -0.1) is 11.8 Å². The Kier molecular flexibility index (Phi) is 4.86. The second kappa shape index (κ2) is 6.40. The molecule has 1 saturated carbocycles. The van der Waals surface area contributed by atoms with Crippen molar-refractivity contribution in [2.75, 3.05) is 12.4 Å². The van der Waals surface area contributed by atoms with Gasteiger partial charge in [0.25, 0.3) is 0 Å². The zero-order chi connectivity index (χ0) is 12.1. The highest BCUT2D eigenvalue weighted by atomic mass is 32.2. The molecule has 1 atom stereocenters. The normalized spacial score (nSPS) is 17.1. The molecule has 1 aliphatic rings. The molecule has 0 spiro atoms. The largest absolute Gasteiger partial charge is 0.394 e. The van der Waals surface area contributed by atoms with Crippen LogP contribution in [0.1, 0.15) is 18.4 Å². The third kappa shape index (κ3) is 4.32. The molecule has 0 amide bonds. The maximum atomic E-state index is 9.35. The van der Waals surface area contributed by atoms with Gasteiger partial charge in [-0.05, 0) is 24.5 Å². The van der Waals surface area contributed by atoms with E-state index in [2.05, 4.69) is 17.4 Å². The fraction of sp³-hybridized carbons (Fsp3) is 0.538. The molecular weight excluding hydrogens is 234 g/mol. The van der Waals surface area contributed by atoms with Crippen molar-refractivity contribution >= 4 is 11.8 Å². The number of rotatable bonds is 7. The van der Waals surface area contributed by atoms with Gasteiger partial charge in [-0.2, -0.15) is 0 Å². The van der Waals surface area contributed by atoms with Gasteiger partial charge in [0.15, 0.2) is 0 Å². The lowest BCUT2D eigenvalue weighted by atomic mass is 10.2. The number of aliphatic hydroxyl groups is 2. The Morgan fingerprint density at radius 3 is 2.82 bits per heavy atom. The van der Waals surface area contributed by atoms with Crippen molar-refractivity contribution in [1.29, 1.82) is 0 Å². The van der Waals surface area contributed by atoms with E-state index in [0.29, 0.717) is 11.8 Å². The molecule has 3 N–H and O–H groups in total. The van der Waals surface area contributed by atoms with Crippen LogP contribution >= 0.6 is 11.8 Å². The quantitative estimate of drug-likeness (QED) is 0.643. The Morgan fingerprint density at radius 2 is 2.12 bits per heavy atom. The third-order valence-electron chi connectivity index (χ3n) is 2.77. The zero-order valence-electron chi connectivity index (χ0n) is 9.80. The van der Waals surface area contributed by atoms with Crippen LogP contribution in [0.4, 0.5) is 0 Å². The summed E-state index contributed by atoms with van der Waals surface area (Å²) in [5.74, 6) is 0.539. The zero-order valence-corrected chi connectivity index (χ0v) is 10.6. The Hall–Kier alpha value is -0.550. The average Bonchev–Trinajstić information content (AvgIpc) is 3.18. The van der Waals surface area contributed by atoms with Gasteiger partial charge in [0, 0.05) is 23.2 Å². The molecule has 0 aromatic heterocycles. The summed E-state index contributed by atoms with van der Waals surface area (Å²) >= 11 is 1.60. The van der Waals surface area contributed by atoms with Crippen LogP contribution in [-0.4, -0.2) is 34.7 Å². The van der Waals surface area contributed by atoms with Crippen LogP contribution in [0.15, 0.2) is 29.2 Å². The molecule has 1 aliphatic carbocycles. The van der Waals surface area contributed by atoms with Crippen molar-refractivity contribution in [3.8, 4) is 0 Å². The second-order valence-corrected chi connectivity index (χ2v) is 5.47. The van der Waals surface area contributed by atoms with Crippen LogP contribution < -0.4 is 5.32 Å². The molecule has 1 fully saturated rings. The molecule has 1 unspecified atom stereocenters. The molecular formula is C13H19NO2S. The van der Waals surface area contributed by atoms with Crippen molar-refractivity contribution in [1.82, 2.24) is 5.32 Å². The highest BCUT2D eigenvalue weighted by molar-refractivity contribution is 7.99. The molecule has 2 rings (SSSR count). The van der Waals surface area contributed by atoms with Gasteiger partial charge >= 0.3 is 0 Å². The SMILES string of the molecule is OCC(O)CSc1ccccc1CNC1CC1. The number of hydrogen-bond donors (Lipinski definition) is 3. The number of hydrogen-bond acceptors (Lipinski definition) is 4. The molecule has 0 bridgehead atoms. The van der Waals surface area contributed by atoms with E-state index in [9.17, 15) is 5.11 Å². The number of aliphatic hydroxyl groups excluding tert-OH is 2. The monoisotopic (exact) mass is 253 g/mol. The fourth-order valence-corrected chi connectivity index (χ4v) is 2.55. The van der Waals surface area contributed by atoms with Crippen molar-refractivity contribution in [3.05, 3.63) is 29.8 Å². The van der Waals surface area contributed by atoms with Crippen LogP contribution in [0.3, 0.4) is 0 Å². The van der Waals surface area contributed by atoms with Crippen molar-refractivity contribution in [3.63, 3.8) is 0 Å². The van der Waals surface area contributed by atoms with E-state index in [1.807, 2.05) is 12.1 Å². The summed E-state index contributed by atoms with van der Waals surface area (Å²) in [5.41, 5.74) is 1.27. The summed E-state index contributed by atoms with van der Waals surface area (Å²) in [4.78, 5) is 1.19. The molecule has 1 aromatic rings. The summed E-state index contributed by atoms with van der Waals surface area (Å²) in [6.07, 6.45) is 1.95. The average molecular weight is 253 g/mol. The second-order valence-electron chi connectivity index (χ2n) is 4.41. The minimum absolute atomic E-state index is 0.171. The van der Waals surface area contributed by atoms with E-state index in [1.54, 1.807) is 11.8 Å². The van der Waals surface area contributed by atoms with Crippen LogP contribution in [0, 0.1) is 0 Å². The van der Waals surface area contributed by atoms with Gasteiger partial charge in [-0.1, -0.05) is 18.2 Å². The summed E-state index contributed by atoms with van der Waals surface area (Å²) in [7, 11) is 0. The standard InChI is InChI=1S/C13H19NO2S/c15-8-12(16)9-17-13-4-2-1-3-10(13)7-14-11-5-6-11/h1-4,11-12,14-16H,5-9H2. The highest BCUT2D eigenvalue weighted by Gasteiger charge is 2.20. The molecule has 0 aliphatic heterocycles. The predicted molar refractivity (Wildman–Crippen MR) is 70.1 cm³/mol.